The van der Waals surface area contributed by atoms with Gasteiger partial charge in [-0.25, -0.2) is 19.6 Å². The van der Waals surface area contributed by atoms with Crippen molar-refractivity contribution in [3.8, 4) is 0 Å². The highest BCUT2D eigenvalue weighted by Crippen LogP contribution is 2.34. The molecule has 0 aliphatic heterocycles. The lowest BCUT2D eigenvalue weighted by Crippen LogP contribution is -2.05. The number of nitrogens with zero attached hydrogens (tertiary/aromatic N) is 2. The van der Waals surface area contributed by atoms with Crippen molar-refractivity contribution < 1.29 is 19.1 Å². The van der Waals surface area contributed by atoms with Crippen LogP contribution in [0, 0.1) is 6.92 Å². The zero-order chi connectivity index (χ0) is 19.4. The molecule has 1 aromatic carbocycles. The van der Waals surface area contributed by atoms with Crippen molar-refractivity contribution in [1.82, 2.24) is 9.97 Å². The number of ether oxygens (including phenoxy) is 2. The van der Waals surface area contributed by atoms with Gasteiger partial charge in [0.2, 0.25) is 0 Å². The van der Waals surface area contributed by atoms with E-state index in [4.69, 9.17) is 9.47 Å². The second-order valence-electron chi connectivity index (χ2n) is 5.61. The molecule has 7 nitrogen and oxygen atoms in total. The van der Waals surface area contributed by atoms with Gasteiger partial charge in [-0.15, -0.1) is 11.3 Å². The molecule has 1 N–H and O–H groups in total. The zero-order valence-electron chi connectivity index (χ0n) is 15.2. The number of esters is 2. The zero-order valence-corrected chi connectivity index (χ0v) is 16.1. The Hall–Kier alpha value is -3.00. The fourth-order valence-electron chi connectivity index (χ4n) is 2.63. The Morgan fingerprint density at radius 1 is 1.11 bits per heavy atom. The van der Waals surface area contributed by atoms with Gasteiger partial charge >= 0.3 is 11.9 Å². The molecule has 27 heavy (non-hydrogen) atoms. The second-order valence-corrected chi connectivity index (χ2v) is 6.60. The summed E-state index contributed by atoms with van der Waals surface area (Å²) in [6, 6.07) is 6.97. The molecule has 0 fully saturated rings. The number of carbonyl (C=O) groups is 2. The topological polar surface area (TPSA) is 90.4 Å². The van der Waals surface area contributed by atoms with Crippen molar-refractivity contribution in [3.05, 3.63) is 46.6 Å². The molecular formula is C19H19N3O4S. The highest BCUT2D eigenvalue weighted by molar-refractivity contribution is 7.20. The highest BCUT2D eigenvalue weighted by atomic mass is 32.1. The maximum Gasteiger partial charge on any atom is 0.348 e. The predicted molar refractivity (Wildman–Crippen MR) is 104 cm³/mol. The van der Waals surface area contributed by atoms with Gasteiger partial charge in [0, 0.05) is 5.69 Å². The van der Waals surface area contributed by atoms with Crippen molar-refractivity contribution >= 4 is 45.0 Å². The summed E-state index contributed by atoms with van der Waals surface area (Å²) in [6.45, 7) is 5.99. The standard InChI is InChI=1S/C19H19N3O4S/c1-4-25-18(23)12-7-6-8-13(9-12)22-16-14-11(3)15(19(24)26-5-2)27-17(14)21-10-20-16/h6-10H,4-5H2,1-3H3,(H,20,21,22). The smallest absolute Gasteiger partial charge is 0.348 e. The Bertz CT molecular complexity index is 1000. The average Bonchev–Trinajstić information content (AvgIpc) is 3.00. The molecule has 2 aromatic heterocycles. The van der Waals surface area contributed by atoms with E-state index in [1.165, 1.54) is 17.7 Å². The van der Waals surface area contributed by atoms with Crippen molar-refractivity contribution in [1.29, 1.82) is 0 Å². The van der Waals surface area contributed by atoms with Crippen molar-refractivity contribution in [2.75, 3.05) is 18.5 Å². The summed E-state index contributed by atoms with van der Waals surface area (Å²) in [7, 11) is 0. The molecule has 0 bridgehead atoms. The predicted octanol–water partition coefficient (Wildman–Crippen LogP) is 4.10. The van der Waals surface area contributed by atoms with Gasteiger partial charge in [-0.3, -0.25) is 0 Å². The van der Waals surface area contributed by atoms with Gasteiger partial charge in [0.05, 0.1) is 24.2 Å². The van der Waals surface area contributed by atoms with Crippen LogP contribution >= 0.6 is 11.3 Å². The molecule has 0 aliphatic carbocycles. The highest BCUT2D eigenvalue weighted by Gasteiger charge is 2.20. The maximum atomic E-state index is 12.2. The Kier molecular flexibility index (Phi) is 5.66. The largest absolute Gasteiger partial charge is 0.462 e. The first-order valence-electron chi connectivity index (χ1n) is 8.50. The van der Waals surface area contributed by atoms with Crippen LogP contribution in [-0.4, -0.2) is 35.1 Å². The number of nitrogens with one attached hydrogen (secondary N) is 1. The van der Waals surface area contributed by atoms with E-state index in [0.717, 1.165) is 10.9 Å². The van der Waals surface area contributed by atoms with E-state index in [1.807, 2.05) is 13.0 Å². The van der Waals surface area contributed by atoms with Crippen LogP contribution in [0.1, 0.15) is 39.4 Å². The summed E-state index contributed by atoms with van der Waals surface area (Å²) in [5.41, 5.74) is 1.89. The van der Waals surface area contributed by atoms with Gasteiger partial charge in [-0.1, -0.05) is 6.07 Å². The van der Waals surface area contributed by atoms with Gasteiger partial charge in [0.25, 0.3) is 0 Å². The minimum atomic E-state index is -0.384. The van der Waals surface area contributed by atoms with E-state index < -0.39 is 0 Å². The van der Waals surface area contributed by atoms with Gasteiger partial charge in [0.1, 0.15) is 21.9 Å². The van der Waals surface area contributed by atoms with E-state index in [2.05, 4.69) is 15.3 Å². The van der Waals surface area contributed by atoms with Gasteiger partial charge in [-0.05, 0) is 44.5 Å². The number of hydrogen-bond acceptors (Lipinski definition) is 8. The first-order chi connectivity index (χ1) is 13.0. The van der Waals surface area contributed by atoms with Crippen molar-refractivity contribution in [2.45, 2.75) is 20.8 Å². The molecule has 8 heteroatoms. The molecule has 0 radical (unpaired) electrons. The number of anilines is 2. The van der Waals surface area contributed by atoms with E-state index in [0.29, 0.717) is 40.0 Å². The van der Waals surface area contributed by atoms with E-state index in [1.54, 1.807) is 32.0 Å². The fourth-order valence-corrected chi connectivity index (χ4v) is 3.68. The number of benzene rings is 1. The van der Waals surface area contributed by atoms with Crippen LogP contribution in [-0.2, 0) is 9.47 Å². The Balaban J connectivity index is 1.97. The van der Waals surface area contributed by atoms with E-state index in [9.17, 15) is 9.59 Å². The van der Waals surface area contributed by atoms with Gasteiger partial charge < -0.3 is 14.8 Å². The summed E-state index contributed by atoms with van der Waals surface area (Å²) in [4.78, 5) is 33.9. The van der Waals surface area contributed by atoms with Crippen molar-refractivity contribution in [3.63, 3.8) is 0 Å². The van der Waals surface area contributed by atoms with E-state index in [-0.39, 0.29) is 11.9 Å². The molecule has 0 spiro atoms. The Labute approximate surface area is 160 Å². The first kappa shape index (κ1) is 18.8. The Morgan fingerprint density at radius 2 is 1.85 bits per heavy atom. The number of carbonyl (C=O) groups excluding carboxylic acids is 2. The SMILES string of the molecule is CCOC(=O)c1cccc(Nc2ncnc3sc(C(=O)OCC)c(C)c23)c1. The number of rotatable bonds is 6. The molecule has 0 atom stereocenters. The van der Waals surface area contributed by atoms with Gasteiger partial charge in [-0.2, -0.15) is 0 Å². The molecule has 0 unspecified atom stereocenters. The van der Waals surface area contributed by atoms with Crippen LogP contribution in [0.3, 0.4) is 0 Å². The van der Waals surface area contributed by atoms with Crippen LogP contribution in [0.15, 0.2) is 30.6 Å². The van der Waals surface area contributed by atoms with Crippen molar-refractivity contribution in [2.24, 2.45) is 0 Å². The minimum Gasteiger partial charge on any atom is -0.462 e. The fraction of sp³-hybridized carbons (Fsp3) is 0.263. The number of aryl methyl sites for hydroxylation is 1. The van der Waals surface area contributed by atoms with E-state index >= 15 is 0 Å². The van der Waals surface area contributed by atoms with Crippen LogP contribution in [0.25, 0.3) is 10.2 Å². The molecule has 0 saturated heterocycles. The molecule has 3 rings (SSSR count). The first-order valence-corrected chi connectivity index (χ1v) is 9.32. The molecule has 3 aromatic rings. The summed E-state index contributed by atoms with van der Waals surface area (Å²) in [5, 5.41) is 3.96. The number of thiophene rings is 1. The van der Waals surface area contributed by atoms with Gasteiger partial charge in [0.15, 0.2) is 0 Å². The number of fused-ring (bicyclic) bond motifs is 1. The lowest BCUT2D eigenvalue weighted by Gasteiger charge is -2.09. The molecule has 2 heterocycles. The molecular weight excluding hydrogens is 366 g/mol. The number of aromatic nitrogens is 2. The van der Waals surface area contributed by atoms with Crippen LogP contribution in [0.5, 0.6) is 0 Å². The molecule has 0 amide bonds. The molecule has 140 valence electrons. The molecule has 0 saturated carbocycles. The van der Waals surface area contributed by atoms with Crippen LogP contribution in [0.4, 0.5) is 11.5 Å². The van der Waals surface area contributed by atoms with Crippen LogP contribution in [0.2, 0.25) is 0 Å². The summed E-state index contributed by atoms with van der Waals surface area (Å²) in [5.74, 6) is -0.191. The monoisotopic (exact) mass is 385 g/mol. The lowest BCUT2D eigenvalue weighted by molar-refractivity contribution is 0.0519. The second kappa shape index (κ2) is 8.13. The maximum absolute atomic E-state index is 12.2. The molecule has 0 aliphatic rings. The average molecular weight is 385 g/mol. The summed E-state index contributed by atoms with van der Waals surface area (Å²) in [6.07, 6.45) is 1.44. The summed E-state index contributed by atoms with van der Waals surface area (Å²) >= 11 is 1.27. The lowest BCUT2D eigenvalue weighted by atomic mass is 10.1. The number of hydrogen-bond donors (Lipinski definition) is 1. The van der Waals surface area contributed by atoms with Crippen LogP contribution < -0.4 is 5.32 Å². The minimum absolute atomic E-state index is 0.309. The normalized spacial score (nSPS) is 10.6. The quantitative estimate of drug-likeness (QED) is 0.639. The third-order valence-corrected chi connectivity index (χ3v) is 5.00. The third-order valence-electron chi connectivity index (χ3n) is 3.82. The summed E-state index contributed by atoms with van der Waals surface area (Å²) < 4.78 is 10.1. The Morgan fingerprint density at radius 3 is 2.59 bits per heavy atom. The third kappa shape index (κ3) is 3.90.